The summed E-state index contributed by atoms with van der Waals surface area (Å²) >= 11 is 0. The van der Waals surface area contributed by atoms with E-state index >= 15 is 0 Å². The maximum absolute atomic E-state index is 12.9. The largest absolute Gasteiger partial charge is 0.387 e. The molecule has 3 nitrogen and oxygen atoms in total. The highest BCUT2D eigenvalue weighted by Gasteiger charge is 2.11. The maximum Gasteiger partial charge on any atom is 0.220 e. The zero-order valence-electron chi connectivity index (χ0n) is 10.2. The first-order valence-corrected chi connectivity index (χ1v) is 5.94. The highest BCUT2D eigenvalue weighted by Crippen LogP contribution is 2.15. The van der Waals surface area contributed by atoms with Crippen LogP contribution in [0.25, 0.3) is 0 Å². The number of rotatable bonds is 6. The number of aliphatic hydroxyl groups excluding tert-OH is 1. The summed E-state index contributed by atoms with van der Waals surface area (Å²) in [5.74, 6) is -2.12. The van der Waals surface area contributed by atoms with Gasteiger partial charge in [-0.15, -0.1) is 0 Å². The Morgan fingerprint density at radius 3 is 2.72 bits per heavy atom. The molecule has 1 amide bonds. The van der Waals surface area contributed by atoms with Gasteiger partial charge in [0.15, 0.2) is 11.6 Å². The molecule has 100 valence electrons. The molecule has 0 bridgehead atoms. The van der Waals surface area contributed by atoms with Gasteiger partial charge in [0.05, 0.1) is 6.10 Å². The average molecular weight is 257 g/mol. The van der Waals surface area contributed by atoms with Crippen LogP contribution in [0.2, 0.25) is 0 Å². The molecule has 0 saturated heterocycles. The van der Waals surface area contributed by atoms with Crippen molar-refractivity contribution in [3.63, 3.8) is 0 Å². The van der Waals surface area contributed by atoms with E-state index in [1.165, 1.54) is 6.07 Å². The lowest BCUT2D eigenvalue weighted by Gasteiger charge is -2.12. The number of aliphatic hydroxyl groups is 1. The van der Waals surface area contributed by atoms with E-state index in [0.717, 1.165) is 25.0 Å². The second-order valence-corrected chi connectivity index (χ2v) is 4.10. The van der Waals surface area contributed by atoms with Gasteiger partial charge in [0.2, 0.25) is 5.91 Å². The molecule has 0 aromatic heterocycles. The molecule has 1 aromatic rings. The highest BCUT2D eigenvalue weighted by molar-refractivity contribution is 5.75. The Balaban J connectivity index is 2.47. The average Bonchev–Trinajstić information content (AvgIpc) is 2.36. The van der Waals surface area contributed by atoms with Crippen LogP contribution in [0, 0.1) is 11.6 Å². The molecule has 18 heavy (non-hydrogen) atoms. The number of nitrogens with one attached hydrogen (secondary N) is 1. The molecular formula is C13H17F2NO2. The molecule has 0 heterocycles. The van der Waals surface area contributed by atoms with E-state index in [0.29, 0.717) is 6.42 Å². The first-order chi connectivity index (χ1) is 8.54. The van der Waals surface area contributed by atoms with Crippen molar-refractivity contribution in [2.24, 2.45) is 0 Å². The van der Waals surface area contributed by atoms with Crippen LogP contribution in [0.1, 0.15) is 37.9 Å². The summed E-state index contributed by atoms with van der Waals surface area (Å²) in [4.78, 5) is 11.3. The lowest BCUT2D eigenvalue weighted by atomic mass is 10.1. The zero-order chi connectivity index (χ0) is 13.5. The van der Waals surface area contributed by atoms with Crippen LogP contribution in [0.4, 0.5) is 8.78 Å². The SMILES string of the molecule is CCCCC(=O)NCC(O)c1ccc(F)c(F)c1. The van der Waals surface area contributed by atoms with Gasteiger partial charge < -0.3 is 10.4 Å². The quantitative estimate of drug-likeness (QED) is 0.821. The van der Waals surface area contributed by atoms with Crippen molar-refractivity contribution in [1.82, 2.24) is 5.32 Å². The van der Waals surface area contributed by atoms with Gasteiger partial charge in [-0.05, 0) is 24.1 Å². The van der Waals surface area contributed by atoms with Crippen molar-refractivity contribution in [2.45, 2.75) is 32.3 Å². The molecular weight excluding hydrogens is 240 g/mol. The molecule has 1 aromatic carbocycles. The highest BCUT2D eigenvalue weighted by atomic mass is 19.2. The first kappa shape index (κ1) is 14.6. The summed E-state index contributed by atoms with van der Waals surface area (Å²) in [6, 6.07) is 3.17. The van der Waals surface area contributed by atoms with Gasteiger partial charge in [-0.25, -0.2) is 8.78 Å². The second kappa shape index (κ2) is 7.06. The minimum absolute atomic E-state index is 0.00633. The Morgan fingerprint density at radius 1 is 1.39 bits per heavy atom. The van der Waals surface area contributed by atoms with Crippen LogP contribution in [-0.4, -0.2) is 17.6 Å². The van der Waals surface area contributed by atoms with Crippen molar-refractivity contribution in [3.05, 3.63) is 35.4 Å². The van der Waals surface area contributed by atoms with E-state index < -0.39 is 17.7 Å². The molecule has 5 heteroatoms. The van der Waals surface area contributed by atoms with Gasteiger partial charge in [0.25, 0.3) is 0 Å². The number of hydrogen-bond acceptors (Lipinski definition) is 2. The fourth-order valence-electron chi connectivity index (χ4n) is 1.47. The number of carbonyl (C=O) groups is 1. The minimum atomic E-state index is -1.04. The van der Waals surface area contributed by atoms with E-state index in [1.54, 1.807) is 0 Å². The third-order valence-electron chi connectivity index (χ3n) is 2.58. The molecule has 1 unspecified atom stereocenters. The van der Waals surface area contributed by atoms with E-state index in [-0.39, 0.29) is 18.0 Å². The molecule has 1 rings (SSSR count). The summed E-state index contributed by atoms with van der Waals surface area (Å²) in [6.07, 6.45) is 1.07. The topological polar surface area (TPSA) is 49.3 Å². The smallest absolute Gasteiger partial charge is 0.220 e. The molecule has 0 spiro atoms. The third-order valence-corrected chi connectivity index (χ3v) is 2.58. The van der Waals surface area contributed by atoms with Crippen LogP contribution in [0.5, 0.6) is 0 Å². The Morgan fingerprint density at radius 2 is 2.11 bits per heavy atom. The normalized spacial score (nSPS) is 12.2. The fourth-order valence-corrected chi connectivity index (χ4v) is 1.47. The number of hydrogen-bond donors (Lipinski definition) is 2. The monoisotopic (exact) mass is 257 g/mol. The maximum atomic E-state index is 12.9. The van der Waals surface area contributed by atoms with Crippen molar-refractivity contribution in [1.29, 1.82) is 0 Å². The fraction of sp³-hybridized carbons (Fsp3) is 0.462. The molecule has 0 aliphatic rings. The lowest BCUT2D eigenvalue weighted by Crippen LogP contribution is -2.28. The Kier molecular flexibility index (Phi) is 5.71. The van der Waals surface area contributed by atoms with Gasteiger partial charge >= 0.3 is 0 Å². The third kappa shape index (κ3) is 4.41. The van der Waals surface area contributed by atoms with Crippen LogP contribution < -0.4 is 5.32 Å². The van der Waals surface area contributed by atoms with Crippen LogP contribution in [-0.2, 0) is 4.79 Å². The Labute approximate surface area is 105 Å². The molecule has 1 atom stereocenters. The number of carbonyl (C=O) groups excluding carboxylic acids is 1. The minimum Gasteiger partial charge on any atom is -0.387 e. The molecule has 0 radical (unpaired) electrons. The van der Waals surface area contributed by atoms with Gasteiger partial charge in [-0.2, -0.15) is 0 Å². The van der Waals surface area contributed by atoms with Gasteiger partial charge in [0, 0.05) is 13.0 Å². The van der Waals surface area contributed by atoms with Crippen molar-refractivity contribution >= 4 is 5.91 Å². The lowest BCUT2D eigenvalue weighted by molar-refractivity contribution is -0.121. The standard InChI is InChI=1S/C13H17F2NO2/c1-2-3-4-13(18)16-8-12(17)9-5-6-10(14)11(15)7-9/h5-7,12,17H,2-4,8H2,1H3,(H,16,18). The Hall–Kier alpha value is -1.49. The van der Waals surface area contributed by atoms with Gasteiger partial charge in [0.1, 0.15) is 0 Å². The molecule has 2 N–H and O–H groups in total. The van der Waals surface area contributed by atoms with E-state index in [4.69, 9.17) is 0 Å². The molecule has 0 saturated carbocycles. The van der Waals surface area contributed by atoms with E-state index in [1.807, 2.05) is 6.92 Å². The first-order valence-electron chi connectivity index (χ1n) is 5.94. The van der Waals surface area contributed by atoms with Crippen LogP contribution in [0.15, 0.2) is 18.2 Å². The van der Waals surface area contributed by atoms with E-state index in [9.17, 15) is 18.7 Å². The summed E-state index contributed by atoms with van der Waals surface area (Å²) in [6.45, 7) is 1.97. The summed E-state index contributed by atoms with van der Waals surface area (Å²) < 4.78 is 25.6. The second-order valence-electron chi connectivity index (χ2n) is 4.10. The van der Waals surface area contributed by atoms with Crippen LogP contribution >= 0.6 is 0 Å². The van der Waals surface area contributed by atoms with Gasteiger partial charge in [-0.3, -0.25) is 4.79 Å². The zero-order valence-corrected chi connectivity index (χ0v) is 10.2. The molecule has 0 aliphatic heterocycles. The van der Waals surface area contributed by atoms with Gasteiger partial charge in [-0.1, -0.05) is 19.4 Å². The van der Waals surface area contributed by atoms with Crippen LogP contribution in [0.3, 0.4) is 0 Å². The summed E-state index contributed by atoms with van der Waals surface area (Å²) in [7, 11) is 0. The Bertz CT molecular complexity index is 410. The summed E-state index contributed by atoms with van der Waals surface area (Å²) in [5.41, 5.74) is 0.240. The predicted octanol–water partition coefficient (Wildman–Crippen LogP) is 2.30. The summed E-state index contributed by atoms with van der Waals surface area (Å²) in [5, 5.41) is 12.3. The molecule has 0 fully saturated rings. The predicted molar refractivity (Wildman–Crippen MR) is 63.9 cm³/mol. The van der Waals surface area contributed by atoms with Crippen molar-refractivity contribution < 1.29 is 18.7 Å². The number of amides is 1. The number of halogens is 2. The van der Waals surface area contributed by atoms with Crippen molar-refractivity contribution in [2.75, 3.05) is 6.54 Å². The molecule has 0 aliphatic carbocycles. The van der Waals surface area contributed by atoms with Crippen molar-refractivity contribution in [3.8, 4) is 0 Å². The van der Waals surface area contributed by atoms with E-state index in [2.05, 4.69) is 5.32 Å². The number of benzene rings is 1. The number of unbranched alkanes of at least 4 members (excludes halogenated alkanes) is 1.